The highest BCUT2D eigenvalue weighted by Crippen LogP contribution is 2.22. The second kappa shape index (κ2) is 6.19. The minimum atomic E-state index is -0.428. The predicted octanol–water partition coefficient (Wildman–Crippen LogP) is 2.34. The van der Waals surface area contributed by atoms with Crippen LogP contribution in [0.2, 0.25) is 0 Å². The number of aliphatic hydroxyl groups is 1. The summed E-state index contributed by atoms with van der Waals surface area (Å²) in [5.41, 5.74) is 2.28. The van der Waals surface area contributed by atoms with E-state index in [-0.39, 0.29) is 11.9 Å². The van der Waals surface area contributed by atoms with Crippen molar-refractivity contribution in [3.05, 3.63) is 28.3 Å². The first-order chi connectivity index (χ1) is 9.45. The van der Waals surface area contributed by atoms with Gasteiger partial charge in [0.2, 0.25) is 0 Å². The molecular formula is C14H19N3O2S. The Hall–Kier alpha value is -1.66. The van der Waals surface area contributed by atoms with Gasteiger partial charge in [0.05, 0.1) is 16.8 Å². The Morgan fingerprint density at radius 2 is 2.30 bits per heavy atom. The molecule has 0 aliphatic carbocycles. The number of nitrogens with one attached hydrogen (secondary N) is 2. The van der Waals surface area contributed by atoms with Gasteiger partial charge >= 0.3 is 0 Å². The Morgan fingerprint density at radius 3 is 2.90 bits per heavy atom. The summed E-state index contributed by atoms with van der Waals surface area (Å²) in [5.74, 6) is -0.170. The van der Waals surface area contributed by atoms with Gasteiger partial charge in [0.1, 0.15) is 5.69 Å². The maximum atomic E-state index is 12.0. The van der Waals surface area contributed by atoms with E-state index in [1.165, 1.54) is 0 Å². The van der Waals surface area contributed by atoms with E-state index in [9.17, 15) is 9.90 Å². The summed E-state index contributed by atoms with van der Waals surface area (Å²) in [6.07, 6.45) is 1.88. The summed E-state index contributed by atoms with van der Waals surface area (Å²) in [5, 5.41) is 15.1. The van der Waals surface area contributed by atoms with Gasteiger partial charge in [0, 0.05) is 23.2 Å². The SMILES string of the molecule is Cc1nc(-c2c[nH]c(C(=O)NC(C)CC(C)O)c2)cs1. The van der Waals surface area contributed by atoms with Gasteiger partial charge in [0.15, 0.2) is 0 Å². The Balaban J connectivity index is 2.03. The molecule has 0 aliphatic heterocycles. The summed E-state index contributed by atoms with van der Waals surface area (Å²) in [6.45, 7) is 5.53. The quantitative estimate of drug-likeness (QED) is 0.791. The van der Waals surface area contributed by atoms with Crippen LogP contribution in [0.15, 0.2) is 17.6 Å². The minimum absolute atomic E-state index is 0.0734. The Bertz CT molecular complexity index is 589. The second-order valence-corrected chi connectivity index (χ2v) is 6.08. The number of aliphatic hydroxyl groups excluding tert-OH is 1. The minimum Gasteiger partial charge on any atom is -0.393 e. The molecule has 0 aliphatic rings. The standard InChI is InChI=1S/C14H19N3O2S/c1-8(4-9(2)18)16-14(19)12-5-11(6-15-12)13-7-20-10(3)17-13/h5-9,15,18H,4H2,1-3H3,(H,16,19). The number of thiazole rings is 1. The first-order valence-electron chi connectivity index (χ1n) is 6.55. The number of hydrogen-bond acceptors (Lipinski definition) is 4. The summed E-state index contributed by atoms with van der Waals surface area (Å²) >= 11 is 1.58. The molecule has 0 spiro atoms. The Kier molecular flexibility index (Phi) is 4.57. The monoisotopic (exact) mass is 293 g/mol. The number of nitrogens with zero attached hydrogens (tertiary/aromatic N) is 1. The molecule has 0 fully saturated rings. The van der Waals surface area contributed by atoms with Crippen LogP contribution in [-0.4, -0.2) is 33.1 Å². The first-order valence-corrected chi connectivity index (χ1v) is 7.43. The molecule has 2 rings (SSSR count). The molecule has 0 bridgehead atoms. The lowest BCUT2D eigenvalue weighted by molar-refractivity contribution is 0.0918. The maximum Gasteiger partial charge on any atom is 0.267 e. The van der Waals surface area contributed by atoms with Crippen LogP contribution in [0.3, 0.4) is 0 Å². The molecule has 3 N–H and O–H groups in total. The maximum absolute atomic E-state index is 12.0. The molecular weight excluding hydrogens is 274 g/mol. The third-order valence-electron chi connectivity index (χ3n) is 2.91. The van der Waals surface area contributed by atoms with Gasteiger partial charge in [-0.25, -0.2) is 4.98 Å². The second-order valence-electron chi connectivity index (χ2n) is 5.01. The topological polar surface area (TPSA) is 78.0 Å². The summed E-state index contributed by atoms with van der Waals surface area (Å²) in [6, 6.07) is 1.72. The van der Waals surface area contributed by atoms with Crippen molar-refractivity contribution < 1.29 is 9.90 Å². The number of aromatic nitrogens is 2. The van der Waals surface area contributed by atoms with Gasteiger partial charge in [0.25, 0.3) is 5.91 Å². The van der Waals surface area contributed by atoms with Crippen LogP contribution >= 0.6 is 11.3 Å². The number of H-pyrrole nitrogens is 1. The zero-order valence-electron chi connectivity index (χ0n) is 11.8. The van der Waals surface area contributed by atoms with Crippen LogP contribution in [-0.2, 0) is 0 Å². The molecule has 0 radical (unpaired) electrons. The number of hydrogen-bond donors (Lipinski definition) is 3. The van der Waals surface area contributed by atoms with E-state index in [1.807, 2.05) is 19.2 Å². The fourth-order valence-corrected chi connectivity index (χ4v) is 2.66. The van der Waals surface area contributed by atoms with Crippen molar-refractivity contribution in [2.24, 2.45) is 0 Å². The molecule has 108 valence electrons. The lowest BCUT2D eigenvalue weighted by atomic mass is 10.1. The van der Waals surface area contributed by atoms with Crippen molar-refractivity contribution in [1.29, 1.82) is 0 Å². The van der Waals surface area contributed by atoms with Crippen molar-refractivity contribution >= 4 is 17.2 Å². The lowest BCUT2D eigenvalue weighted by Gasteiger charge is -2.14. The van der Waals surface area contributed by atoms with E-state index in [4.69, 9.17) is 0 Å². The molecule has 2 atom stereocenters. The van der Waals surface area contributed by atoms with Gasteiger partial charge in [-0.1, -0.05) is 0 Å². The van der Waals surface area contributed by atoms with E-state index < -0.39 is 6.10 Å². The van der Waals surface area contributed by atoms with Crippen molar-refractivity contribution in [2.75, 3.05) is 0 Å². The molecule has 5 nitrogen and oxygen atoms in total. The van der Waals surface area contributed by atoms with Gasteiger partial charge in [-0.3, -0.25) is 4.79 Å². The van der Waals surface area contributed by atoms with Crippen LogP contribution in [0, 0.1) is 6.92 Å². The number of carbonyl (C=O) groups is 1. The number of rotatable bonds is 5. The Morgan fingerprint density at radius 1 is 1.55 bits per heavy atom. The van der Waals surface area contributed by atoms with Crippen LogP contribution in [0.4, 0.5) is 0 Å². The highest BCUT2D eigenvalue weighted by molar-refractivity contribution is 7.09. The van der Waals surface area contributed by atoms with Gasteiger partial charge in [-0.05, 0) is 33.3 Å². The third kappa shape index (κ3) is 3.68. The predicted molar refractivity (Wildman–Crippen MR) is 79.9 cm³/mol. The number of amides is 1. The molecule has 2 unspecified atom stereocenters. The molecule has 2 aromatic heterocycles. The average Bonchev–Trinajstić information content (AvgIpc) is 2.95. The Labute approximate surface area is 122 Å². The molecule has 20 heavy (non-hydrogen) atoms. The van der Waals surface area contributed by atoms with Gasteiger partial charge in [-0.2, -0.15) is 0 Å². The summed E-state index contributed by atoms with van der Waals surface area (Å²) in [7, 11) is 0. The number of carbonyl (C=O) groups excluding carboxylic acids is 1. The highest BCUT2D eigenvalue weighted by Gasteiger charge is 2.14. The van der Waals surface area contributed by atoms with Crippen LogP contribution in [0.25, 0.3) is 11.3 Å². The fourth-order valence-electron chi connectivity index (χ4n) is 2.04. The van der Waals surface area contributed by atoms with E-state index in [1.54, 1.807) is 30.5 Å². The number of aryl methyl sites for hydroxylation is 1. The van der Waals surface area contributed by atoms with E-state index >= 15 is 0 Å². The van der Waals surface area contributed by atoms with E-state index in [2.05, 4.69) is 15.3 Å². The zero-order chi connectivity index (χ0) is 14.7. The third-order valence-corrected chi connectivity index (χ3v) is 3.69. The van der Waals surface area contributed by atoms with E-state index in [0.29, 0.717) is 12.1 Å². The summed E-state index contributed by atoms with van der Waals surface area (Å²) < 4.78 is 0. The molecule has 2 aromatic rings. The highest BCUT2D eigenvalue weighted by atomic mass is 32.1. The van der Waals surface area contributed by atoms with Crippen molar-refractivity contribution in [3.8, 4) is 11.3 Å². The molecule has 0 saturated carbocycles. The van der Waals surface area contributed by atoms with Gasteiger partial charge in [-0.15, -0.1) is 11.3 Å². The van der Waals surface area contributed by atoms with Crippen molar-refractivity contribution in [3.63, 3.8) is 0 Å². The van der Waals surface area contributed by atoms with E-state index in [0.717, 1.165) is 16.3 Å². The van der Waals surface area contributed by atoms with Gasteiger partial charge < -0.3 is 15.4 Å². The molecule has 1 amide bonds. The molecule has 0 aromatic carbocycles. The van der Waals surface area contributed by atoms with Crippen molar-refractivity contribution in [1.82, 2.24) is 15.3 Å². The molecule has 6 heteroatoms. The number of aromatic amines is 1. The molecule has 2 heterocycles. The lowest BCUT2D eigenvalue weighted by Crippen LogP contribution is -2.34. The first kappa shape index (κ1) is 14.7. The van der Waals surface area contributed by atoms with Crippen LogP contribution in [0.1, 0.15) is 35.8 Å². The summed E-state index contributed by atoms with van der Waals surface area (Å²) in [4.78, 5) is 19.4. The average molecular weight is 293 g/mol. The zero-order valence-corrected chi connectivity index (χ0v) is 12.6. The van der Waals surface area contributed by atoms with Crippen LogP contribution in [0.5, 0.6) is 0 Å². The van der Waals surface area contributed by atoms with Crippen molar-refractivity contribution in [2.45, 2.75) is 39.3 Å². The molecule has 0 saturated heterocycles. The largest absolute Gasteiger partial charge is 0.393 e. The van der Waals surface area contributed by atoms with Crippen LogP contribution < -0.4 is 5.32 Å². The normalized spacial score (nSPS) is 14.0. The fraction of sp³-hybridized carbons (Fsp3) is 0.429. The smallest absolute Gasteiger partial charge is 0.267 e.